The smallest absolute Gasteiger partial charge is 0.231 e. The highest BCUT2D eigenvalue weighted by atomic mass is 32.2. The number of rotatable bonds is 10. The van der Waals surface area contributed by atoms with Crippen LogP contribution in [0.1, 0.15) is 16.3 Å². The minimum atomic E-state index is -0.0766. The van der Waals surface area contributed by atoms with Crippen LogP contribution in [0.15, 0.2) is 71.7 Å². The number of amides is 1. The van der Waals surface area contributed by atoms with Crippen molar-refractivity contribution < 1.29 is 9.53 Å². The van der Waals surface area contributed by atoms with Gasteiger partial charge in [0.1, 0.15) is 10.8 Å². The van der Waals surface area contributed by atoms with E-state index in [0.717, 1.165) is 44.2 Å². The fourth-order valence-corrected chi connectivity index (χ4v) is 5.00. The zero-order valence-electron chi connectivity index (χ0n) is 19.0. The predicted molar refractivity (Wildman–Crippen MR) is 137 cm³/mol. The molecule has 0 bridgehead atoms. The number of aryl methyl sites for hydroxylation is 1. The topological polar surface area (TPSA) is 81.9 Å². The Hall–Kier alpha value is -3.43. The Balaban J connectivity index is 1.38. The van der Waals surface area contributed by atoms with Gasteiger partial charge in [-0.3, -0.25) is 9.36 Å². The molecule has 9 heteroatoms. The van der Waals surface area contributed by atoms with E-state index in [-0.39, 0.29) is 12.3 Å². The van der Waals surface area contributed by atoms with E-state index in [9.17, 15) is 4.79 Å². The van der Waals surface area contributed by atoms with Crippen LogP contribution in [-0.4, -0.2) is 32.8 Å². The average Bonchev–Trinajstić information content (AvgIpc) is 3.46. The lowest BCUT2D eigenvalue weighted by Gasteiger charge is -2.08. The van der Waals surface area contributed by atoms with Crippen molar-refractivity contribution in [1.29, 1.82) is 0 Å². The van der Waals surface area contributed by atoms with Gasteiger partial charge in [0.2, 0.25) is 5.91 Å². The number of allylic oxidation sites excluding steroid dienone is 1. The number of aromatic nitrogens is 4. The van der Waals surface area contributed by atoms with Crippen LogP contribution in [0.2, 0.25) is 0 Å². The van der Waals surface area contributed by atoms with Crippen LogP contribution < -0.4 is 10.1 Å². The van der Waals surface area contributed by atoms with Gasteiger partial charge in [-0.1, -0.05) is 35.5 Å². The number of benzene rings is 2. The van der Waals surface area contributed by atoms with Crippen molar-refractivity contribution in [3.63, 3.8) is 0 Å². The summed E-state index contributed by atoms with van der Waals surface area (Å²) < 4.78 is 7.27. The van der Waals surface area contributed by atoms with Crippen molar-refractivity contribution in [2.45, 2.75) is 30.8 Å². The molecule has 34 heavy (non-hydrogen) atoms. The van der Waals surface area contributed by atoms with Gasteiger partial charge >= 0.3 is 0 Å². The molecule has 0 atom stereocenters. The highest BCUT2D eigenvalue weighted by molar-refractivity contribution is 7.98. The number of nitrogens with zero attached hydrogens (tertiary/aromatic N) is 4. The van der Waals surface area contributed by atoms with Crippen molar-refractivity contribution in [2.75, 3.05) is 12.4 Å². The molecule has 2 aromatic heterocycles. The molecule has 0 aliphatic heterocycles. The predicted octanol–water partition coefficient (Wildman–Crippen LogP) is 5.38. The number of carbonyl (C=O) groups is 1. The summed E-state index contributed by atoms with van der Waals surface area (Å²) in [5.74, 6) is 2.12. The first-order valence-corrected chi connectivity index (χ1v) is 12.5. The second kappa shape index (κ2) is 11.1. The molecular formula is C25H25N5O2S2. The Kier molecular flexibility index (Phi) is 7.76. The first-order chi connectivity index (χ1) is 16.6. The molecular weight excluding hydrogens is 466 g/mol. The first kappa shape index (κ1) is 23.7. The van der Waals surface area contributed by atoms with Gasteiger partial charge in [-0.25, -0.2) is 4.98 Å². The van der Waals surface area contributed by atoms with Gasteiger partial charge < -0.3 is 10.1 Å². The summed E-state index contributed by atoms with van der Waals surface area (Å²) in [5.41, 5.74) is 3.81. The third-order valence-electron chi connectivity index (χ3n) is 4.97. The van der Waals surface area contributed by atoms with Crippen molar-refractivity contribution in [2.24, 2.45) is 0 Å². The van der Waals surface area contributed by atoms with Gasteiger partial charge in [0.05, 0.1) is 19.2 Å². The lowest BCUT2D eigenvalue weighted by Crippen LogP contribution is -2.14. The molecule has 2 aromatic carbocycles. The van der Waals surface area contributed by atoms with Crippen LogP contribution in [0, 0.1) is 6.92 Å². The number of methoxy groups -OCH3 is 1. The average molecular weight is 492 g/mol. The quantitative estimate of drug-likeness (QED) is 0.237. The van der Waals surface area contributed by atoms with Gasteiger partial charge in [0.15, 0.2) is 11.0 Å². The lowest BCUT2D eigenvalue weighted by atomic mass is 10.2. The monoisotopic (exact) mass is 491 g/mol. The Bertz CT molecular complexity index is 1260. The van der Waals surface area contributed by atoms with E-state index in [4.69, 9.17) is 4.74 Å². The summed E-state index contributed by atoms with van der Waals surface area (Å²) in [6, 6.07) is 15.5. The molecule has 0 saturated heterocycles. The van der Waals surface area contributed by atoms with Gasteiger partial charge in [-0.2, -0.15) is 0 Å². The lowest BCUT2D eigenvalue weighted by molar-refractivity contribution is -0.115. The Morgan fingerprint density at radius 2 is 1.94 bits per heavy atom. The second-order valence-corrected chi connectivity index (χ2v) is 9.43. The van der Waals surface area contributed by atoms with Crippen LogP contribution in [0.3, 0.4) is 0 Å². The molecule has 1 amide bonds. The van der Waals surface area contributed by atoms with Gasteiger partial charge in [0.25, 0.3) is 0 Å². The maximum Gasteiger partial charge on any atom is 0.231 e. The molecule has 0 aliphatic carbocycles. The minimum Gasteiger partial charge on any atom is -0.497 e. The normalized spacial score (nSPS) is 10.8. The molecule has 0 unspecified atom stereocenters. The van der Waals surface area contributed by atoms with Gasteiger partial charge in [-0.05, 0) is 43.3 Å². The van der Waals surface area contributed by atoms with Crippen LogP contribution in [0.5, 0.6) is 5.75 Å². The summed E-state index contributed by atoms with van der Waals surface area (Å²) in [6.45, 7) is 6.48. The fraction of sp³-hybridized carbons (Fsp3) is 0.200. The summed E-state index contributed by atoms with van der Waals surface area (Å²) in [7, 11) is 1.64. The first-order valence-electron chi connectivity index (χ1n) is 10.7. The van der Waals surface area contributed by atoms with Crippen LogP contribution in [0.25, 0.3) is 11.4 Å². The maximum atomic E-state index is 12.4. The fourth-order valence-electron chi connectivity index (χ4n) is 3.26. The zero-order chi connectivity index (χ0) is 23.9. The van der Waals surface area contributed by atoms with E-state index in [1.54, 1.807) is 18.9 Å². The van der Waals surface area contributed by atoms with Crippen molar-refractivity contribution >= 4 is 34.7 Å². The minimum absolute atomic E-state index is 0.0766. The number of hydrogen-bond acceptors (Lipinski definition) is 7. The zero-order valence-corrected chi connectivity index (χ0v) is 20.7. The van der Waals surface area contributed by atoms with Gasteiger partial charge in [0, 0.05) is 28.9 Å². The molecule has 0 radical (unpaired) electrons. The summed E-state index contributed by atoms with van der Waals surface area (Å²) in [6.07, 6.45) is 2.07. The highest BCUT2D eigenvalue weighted by Crippen LogP contribution is 2.28. The van der Waals surface area contributed by atoms with Crippen molar-refractivity contribution in [1.82, 2.24) is 19.7 Å². The van der Waals surface area contributed by atoms with Crippen LogP contribution >= 0.6 is 23.1 Å². The molecule has 1 N–H and O–H groups in total. The molecule has 2 heterocycles. The molecule has 4 aromatic rings. The molecule has 0 saturated carbocycles. The van der Waals surface area contributed by atoms with E-state index >= 15 is 0 Å². The summed E-state index contributed by atoms with van der Waals surface area (Å²) >= 11 is 3.05. The van der Waals surface area contributed by atoms with E-state index in [0.29, 0.717) is 12.3 Å². The standard InChI is InChI=1S/C25H25N5O2S2/c1-4-13-30-24(18-7-11-21(32-3)12-8-18)28-29-25(30)34-16-20-15-33-23(27-20)14-22(31)26-19-9-5-17(2)6-10-19/h4-12,15H,1,13-14,16H2,2-3H3,(H,26,31). The molecule has 7 nitrogen and oxygen atoms in total. The number of ether oxygens (including phenoxy) is 1. The summed E-state index contributed by atoms with van der Waals surface area (Å²) in [4.78, 5) is 17.0. The number of anilines is 1. The Morgan fingerprint density at radius 3 is 2.65 bits per heavy atom. The Morgan fingerprint density at radius 1 is 1.18 bits per heavy atom. The molecule has 174 valence electrons. The Labute approximate surface area is 206 Å². The number of carbonyl (C=O) groups excluding carboxylic acids is 1. The molecule has 4 rings (SSSR count). The van der Waals surface area contributed by atoms with Gasteiger partial charge in [-0.15, -0.1) is 28.1 Å². The molecule has 0 fully saturated rings. The molecule has 0 aliphatic rings. The molecule has 0 spiro atoms. The maximum absolute atomic E-state index is 12.4. The number of nitrogens with one attached hydrogen (secondary N) is 1. The van der Waals surface area contributed by atoms with Crippen LogP contribution in [-0.2, 0) is 23.5 Å². The number of thiazole rings is 1. The van der Waals surface area contributed by atoms with E-state index in [1.807, 2.05) is 71.5 Å². The van der Waals surface area contributed by atoms with E-state index in [1.165, 1.54) is 11.3 Å². The largest absolute Gasteiger partial charge is 0.497 e. The second-order valence-electron chi connectivity index (χ2n) is 7.55. The van der Waals surface area contributed by atoms with Crippen molar-refractivity contribution in [3.05, 3.63) is 82.8 Å². The third-order valence-corrected chi connectivity index (χ3v) is 6.87. The van der Waals surface area contributed by atoms with E-state index in [2.05, 4.69) is 27.1 Å². The third kappa shape index (κ3) is 5.92. The SMILES string of the molecule is C=CCn1c(SCc2csc(CC(=O)Nc3ccc(C)cc3)n2)nnc1-c1ccc(OC)cc1. The number of thioether (sulfide) groups is 1. The number of hydrogen-bond donors (Lipinski definition) is 1. The summed E-state index contributed by atoms with van der Waals surface area (Å²) in [5, 5.41) is 15.3. The van der Waals surface area contributed by atoms with Crippen molar-refractivity contribution in [3.8, 4) is 17.1 Å². The van der Waals surface area contributed by atoms with E-state index < -0.39 is 0 Å². The van der Waals surface area contributed by atoms with Crippen LogP contribution in [0.4, 0.5) is 5.69 Å². The highest BCUT2D eigenvalue weighted by Gasteiger charge is 2.15.